The molecule has 3 aromatic heterocycles. The molecule has 0 aromatic carbocycles. The monoisotopic (exact) mass is 427 g/mol. The molecule has 0 saturated carbocycles. The molecular formula is C21H22FN5O2S. The van der Waals surface area contributed by atoms with Crippen molar-refractivity contribution in [2.75, 3.05) is 23.3 Å². The highest BCUT2D eigenvalue weighted by atomic mass is 32.1. The van der Waals surface area contributed by atoms with Gasteiger partial charge in [-0.1, -0.05) is 17.4 Å². The third kappa shape index (κ3) is 4.91. The van der Waals surface area contributed by atoms with Crippen LogP contribution in [0.3, 0.4) is 0 Å². The van der Waals surface area contributed by atoms with Crippen LogP contribution >= 0.6 is 11.3 Å². The van der Waals surface area contributed by atoms with Crippen LogP contribution in [0.25, 0.3) is 10.6 Å². The minimum atomic E-state index is -0.726. The van der Waals surface area contributed by atoms with E-state index < -0.39 is 12.6 Å². The summed E-state index contributed by atoms with van der Waals surface area (Å²) < 4.78 is 12.9. The summed E-state index contributed by atoms with van der Waals surface area (Å²) in [6, 6.07) is 8.96. The summed E-state index contributed by atoms with van der Waals surface area (Å²) in [4.78, 5) is 27.5. The second-order valence-corrected chi connectivity index (χ2v) is 8.26. The van der Waals surface area contributed by atoms with Gasteiger partial charge in [0.15, 0.2) is 5.13 Å². The number of pyridine rings is 2. The molecule has 0 unspecified atom stereocenters. The summed E-state index contributed by atoms with van der Waals surface area (Å²) >= 11 is 1.57. The number of hydrogen-bond acceptors (Lipinski definition) is 7. The molecule has 1 saturated heterocycles. The van der Waals surface area contributed by atoms with Gasteiger partial charge in [0.1, 0.15) is 18.3 Å². The Morgan fingerprint density at radius 2 is 2.07 bits per heavy atom. The fourth-order valence-electron chi connectivity index (χ4n) is 3.50. The molecule has 30 heavy (non-hydrogen) atoms. The van der Waals surface area contributed by atoms with E-state index in [0.29, 0.717) is 17.2 Å². The Bertz CT molecular complexity index is 1020. The lowest BCUT2D eigenvalue weighted by molar-refractivity contribution is -0.138. The highest BCUT2D eigenvalue weighted by Crippen LogP contribution is 2.33. The van der Waals surface area contributed by atoms with E-state index in [0.717, 1.165) is 41.6 Å². The second kappa shape index (κ2) is 9.17. The Labute approximate surface area is 177 Å². The largest absolute Gasteiger partial charge is 0.481 e. The Balaban J connectivity index is 1.43. The van der Waals surface area contributed by atoms with Gasteiger partial charge in [-0.3, -0.25) is 4.79 Å². The number of nitrogens with zero attached hydrogens (tertiary/aromatic N) is 4. The third-order valence-corrected chi connectivity index (χ3v) is 6.16. The van der Waals surface area contributed by atoms with Gasteiger partial charge >= 0.3 is 5.97 Å². The molecule has 0 amide bonds. The number of thiazole rings is 1. The van der Waals surface area contributed by atoms with Crippen molar-refractivity contribution < 1.29 is 14.3 Å². The Kier molecular flexibility index (Phi) is 6.18. The smallest absolute Gasteiger partial charge is 0.303 e. The lowest BCUT2D eigenvalue weighted by Crippen LogP contribution is -2.34. The molecule has 0 spiro atoms. The molecule has 9 heteroatoms. The summed E-state index contributed by atoms with van der Waals surface area (Å²) in [7, 11) is 0. The van der Waals surface area contributed by atoms with Crippen molar-refractivity contribution in [3.8, 4) is 10.6 Å². The number of halogens is 1. The van der Waals surface area contributed by atoms with E-state index in [1.807, 2.05) is 24.4 Å². The summed E-state index contributed by atoms with van der Waals surface area (Å²) in [5, 5.41) is 13.0. The number of nitrogens with one attached hydrogen (secondary N) is 1. The fourth-order valence-corrected chi connectivity index (χ4v) is 4.44. The molecule has 0 aliphatic carbocycles. The van der Waals surface area contributed by atoms with Crippen LogP contribution in [0.5, 0.6) is 0 Å². The predicted molar refractivity (Wildman–Crippen MR) is 115 cm³/mol. The molecule has 1 aliphatic rings. The van der Waals surface area contributed by atoms with Crippen LogP contribution in [0.4, 0.5) is 21.2 Å². The van der Waals surface area contributed by atoms with Crippen LogP contribution in [-0.2, 0) is 11.5 Å². The van der Waals surface area contributed by atoms with E-state index in [-0.39, 0.29) is 12.3 Å². The quantitative estimate of drug-likeness (QED) is 0.573. The van der Waals surface area contributed by atoms with Gasteiger partial charge in [0.25, 0.3) is 0 Å². The number of anilines is 3. The van der Waals surface area contributed by atoms with Crippen LogP contribution in [0.2, 0.25) is 0 Å². The average molecular weight is 428 g/mol. The van der Waals surface area contributed by atoms with E-state index in [1.165, 1.54) is 0 Å². The zero-order valence-electron chi connectivity index (χ0n) is 16.3. The van der Waals surface area contributed by atoms with Gasteiger partial charge in [-0.2, -0.15) is 0 Å². The molecule has 2 N–H and O–H groups in total. The number of carboxylic acid groups (broad SMARTS) is 1. The molecule has 0 bridgehead atoms. The maximum absolute atomic E-state index is 12.9. The predicted octanol–water partition coefficient (Wildman–Crippen LogP) is 4.50. The normalized spacial score (nSPS) is 14.6. The van der Waals surface area contributed by atoms with Crippen molar-refractivity contribution in [1.29, 1.82) is 0 Å². The summed E-state index contributed by atoms with van der Waals surface area (Å²) in [6.45, 7) is 1.09. The summed E-state index contributed by atoms with van der Waals surface area (Å²) in [5.41, 5.74) is 1.36. The lowest BCUT2D eigenvalue weighted by atomic mass is 9.94. The van der Waals surface area contributed by atoms with Crippen molar-refractivity contribution in [2.45, 2.75) is 25.9 Å². The van der Waals surface area contributed by atoms with Crippen molar-refractivity contribution >= 4 is 34.1 Å². The number of carbonyl (C=O) groups is 1. The molecule has 156 valence electrons. The molecule has 0 radical (unpaired) electrons. The first-order valence-corrected chi connectivity index (χ1v) is 10.6. The Morgan fingerprint density at radius 3 is 2.83 bits per heavy atom. The van der Waals surface area contributed by atoms with E-state index >= 15 is 0 Å². The molecule has 0 atom stereocenters. The molecule has 4 heterocycles. The van der Waals surface area contributed by atoms with Crippen LogP contribution < -0.4 is 10.2 Å². The van der Waals surface area contributed by atoms with Crippen LogP contribution in [0.15, 0.2) is 42.7 Å². The van der Waals surface area contributed by atoms with Crippen molar-refractivity contribution in [1.82, 2.24) is 15.0 Å². The van der Waals surface area contributed by atoms with Crippen LogP contribution in [-0.4, -0.2) is 39.1 Å². The Hall–Kier alpha value is -3.07. The number of carboxylic acids is 1. The molecule has 7 nitrogen and oxygen atoms in total. The lowest BCUT2D eigenvalue weighted by Gasteiger charge is -2.30. The highest BCUT2D eigenvalue weighted by molar-refractivity contribution is 7.18. The first kappa shape index (κ1) is 20.2. The minimum absolute atomic E-state index is 0.240. The minimum Gasteiger partial charge on any atom is -0.481 e. The SMILES string of the molecule is O=C(O)CC1CCN(c2ncc(-c3cccc(Nc4cc(CF)ccn4)n3)s2)CC1. The maximum Gasteiger partial charge on any atom is 0.303 e. The van der Waals surface area contributed by atoms with E-state index in [9.17, 15) is 9.18 Å². The zero-order chi connectivity index (χ0) is 20.9. The van der Waals surface area contributed by atoms with Gasteiger partial charge in [-0.25, -0.2) is 19.3 Å². The maximum atomic E-state index is 12.9. The van der Waals surface area contributed by atoms with Gasteiger partial charge in [0, 0.05) is 31.9 Å². The van der Waals surface area contributed by atoms with Crippen molar-refractivity contribution in [3.05, 3.63) is 48.3 Å². The zero-order valence-corrected chi connectivity index (χ0v) is 17.1. The number of piperidine rings is 1. The van der Waals surface area contributed by atoms with Crippen LogP contribution in [0.1, 0.15) is 24.8 Å². The van der Waals surface area contributed by atoms with Crippen LogP contribution in [0, 0.1) is 5.92 Å². The second-order valence-electron chi connectivity index (χ2n) is 7.25. The van der Waals surface area contributed by atoms with Gasteiger partial charge in [-0.15, -0.1) is 0 Å². The van der Waals surface area contributed by atoms with Gasteiger partial charge < -0.3 is 15.3 Å². The summed E-state index contributed by atoms with van der Waals surface area (Å²) in [6.07, 6.45) is 5.35. The molecule has 1 fully saturated rings. The average Bonchev–Trinajstić information content (AvgIpc) is 3.24. The number of aliphatic carboxylic acids is 1. The standard InChI is InChI=1S/C21H22FN5O2S/c22-12-15-4-7-23-19(10-15)26-18-3-1-2-16(25-18)17-13-24-21(30-17)27-8-5-14(6-9-27)11-20(28)29/h1-4,7,10,13-14H,5-6,8-9,11-12H2,(H,28,29)(H,23,25,26). The number of rotatable bonds is 7. The molecular weight excluding hydrogens is 405 g/mol. The number of alkyl halides is 1. The van der Waals surface area contributed by atoms with Gasteiger partial charge in [0.2, 0.25) is 0 Å². The first-order chi connectivity index (χ1) is 14.6. The molecule has 1 aliphatic heterocycles. The van der Waals surface area contributed by atoms with Gasteiger partial charge in [-0.05, 0) is 48.6 Å². The Morgan fingerprint density at radius 1 is 1.23 bits per heavy atom. The van der Waals surface area contributed by atoms with E-state index in [4.69, 9.17) is 5.11 Å². The fraction of sp³-hybridized carbons (Fsp3) is 0.333. The summed E-state index contributed by atoms with van der Waals surface area (Å²) in [5.74, 6) is 0.688. The number of hydrogen-bond donors (Lipinski definition) is 2. The van der Waals surface area contributed by atoms with Gasteiger partial charge in [0.05, 0.1) is 10.6 Å². The highest BCUT2D eigenvalue weighted by Gasteiger charge is 2.23. The van der Waals surface area contributed by atoms with E-state index in [2.05, 4.69) is 25.2 Å². The van der Waals surface area contributed by atoms with E-state index in [1.54, 1.807) is 29.7 Å². The first-order valence-electron chi connectivity index (χ1n) is 9.78. The molecule has 4 rings (SSSR count). The van der Waals surface area contributed by atoms with Crippen molar-refractivity contribution in [3.63, 3.8) is 0 Å². The number of aromatic nitrogens is 3. The topological polar surface area (TPSA) is 91.2 Å². The van der Waals surface area contributed by atoms with Crippen molar-refractivity contribution in [2.24, 2.45) is 5.92 Å². The molecule has 3 aromatic rings. The third-order valence-electron chi connectivity index (χ3n) is 5.08.